The van der Waals surface area contributed by atoms with Crippen molar-refractivity contribution in [2.45, 2.75) is 51.9 Å². The van der Waals surface area contributed by atoms with Crippen LogP contribution < -0.4 is 34.7 Å². The third-order valence-electron chi connectivity index (χ3n) is 5.20. The zero-order valence-electron chi connectivity index (χ0n) is 18.6. The van der Waals surface area contributed by atoms with Crippen molar-refractivity contribution >= 4 is 22.9 Å². The van der Waals surface area contributed by atoms with E-state index in [2.05, 4.69) is 61.7 Å². The van der Waals surface area contributed by atoms with E-state index < -0.39 is 24.6 Å². The Morgan fingerprint density at radius 2 is 1.74 bits per heavy atom. The van der Waals surface area contributed by atoms with Crippen molar-refractivity contribution in [3.05, 3.63) is 65.9 Å². The van der Waals surface area contributed by atoms with E-state index in [1.165, 1.54) is 5.56 Å². The SMILES string of the molecule is Cc1ccc(-c2c(/C=C/[C@H](O)C[C@H](O)CC(=O)[O-])n(C(C)C)c3ccccc23)cc1.[Na+]. The molecule has 0 radical (unpaired) electrons. The molecule has 2 aromatic carbocycles. The van der Waals surface area contributed by atoms with E-state index in [0.717, 1.165) is 27.7 Å². The maximum atomic E-state index is 10.6. The van der Waals surface area contributed by atoms with E-state index in [4.69, 9.17) is 0 Å². The Bertz CT molecular complexity index is 1050. The quantitative estimate of drug-likeness (QED) is 0.510. The number of carbonyl (C=O) groups excluding carboxylic acids is 1. The Labute approximate surface area is 205 Å². The Morgan fingerprint density at radius 1 is 1.10 bits per heavy atom. The standard InChI is InChI=1S/C25H29NO4.Na/c1-16(2)26-22-7-5-4-6-21(22)25(18-10-8-17(3)9-11-18)23(26)13-12-19(27)14-20(28)15-24(29)30;/h4-13,16,19-20,27-28H,14-15H2,1-3H3,(H,29,30);/q;+1/p-1/b13-12+;/t19-,20-;/m0./s1. The molecule has 0 spiro atoms. The average Bonchev–Trinajstić information content (AvgIpc) is 3.00. The minimum Gasteiger partial charge on any atom is -0.550 e. The zero-order valence-corrected chi connectivity index (χ0v) is 20.6. The summed E-state index contributed by atoms with van der Waals surface area (Å²) in [5.41, 5.74) is 5.42. The van der Waals surface area contributed by atoms with Crippen molar-refractivity contribution in [1.29, 1.82) is 0 Å². The molecule has 3 aromatic rings. The molecule has 3 rings (SSSR count). The summed E-state index contributed by atoms with van der Waals surface area (Å²) in [4.78, 5) is 10.6. The smallest absolute Gasteiger partial charge is 0.550 e. The van der Waals surface area contributed by atoms with Gasteiger partial charge in [-0.2, -0.15) is 0 Å². The monoisotopic (exact) mass is 429 g/mol. The molecule has 0 amide bonds. The fourth-order valence-electron chi connectivity index (χ4n) is 3.86. The van der Waals surface area contributed by atoms with E-state index in [1.807, 2.05) is 18.2 Å². The normalized spacial score (nSPS) is 13.5. The Hall–Kier alpha value is -1.89. The molecular weight excluding hydrogens is 401 g/mol. The summed E-state index contributed by atoms with van der Waals surface area (Å²) in [5, 5.41) is 31.9. The Morgan fingerprint density at radius 3 is 2.35 bits per heavy atom. The molecule has 0 aliphatic heterocycles. The summed E-state index contributed by atoms with van der Waals surface area (Å²) in [7, 11) is 0. The van der Waals surface area contributed by atoms with Gasteiger partial charge in [-0.05, 0) is 38.5 Å². The second-order valence-corrected chi connectivity index (χ2v) is 8.00. The minimum absolute atomic E-state index is 0. The van der Waals surface area contributed by atoms with Crippen molar-refractivity contribution < 1.29 is 49.7 Å². The van der Waals surface area contributed by atoms with E-state index >= 15 is 0 Å². The molecule has 1 heterocycles. The molecule has 0 saturated carbocycles. The molecular formula is C25H28NNaO4. The number of carboxylic acids is 1. The number of hydrogen-bond acceptors (Lipinski definition) is 4. The number of fused-ring (bicyclic) bond motifs is 1. The molecule has 0 aliphatic carbocycles. The van der Waals surface area contributed by atoms with Gasteiger partial charge in [-0.15, -0.1) is 0 Å². The summed E-state index contributed by atoms with van der Waals surface area (Å²) < 4.78 is 2.23. The van der Waals surface area contributed by atoms with Gasteiger partial charge in [0.15, 0.2) is 0 Å². The molecule has 0 fully saturated rings. The first-order valence-electron chi connectivity index (χ1n) is 10.2. The van der Waals surface area contributed by atoms with Gasteiger partial charge in [-0.1, -0.05) is 54.1 Å². The van der Waals surface area contributed by atoms with Gasteiger partial charge in [-0.3, -0.25) is 0 Å². The second-order valence-electron chi connectivity index (χ2n) is 8.00. The minimum atomic E-state index is -1.33. The predicted molar refractivity (Wildman–Crippen MR) is 118 cm³/mol. The molecule has 2 atom stereocenters. The summed E-state index contributed by atoms with van der Waals surface area (Å²) in [6.45, 7) is 6.28. The van der Waals surface area contributed by atoms with Gasteiger partial charge in [0, 0.05) is 47.0 Å². The number of carboxylic acid groups (broad SMARTS) is 1. The molecule has 5 nitrogen and oxygen atoms in total. The van der Waals surface area contributed by atoms with Gasteiger partial charge in [0.25, 0.3) is 0 Å². The maximum absolute atomic E-state index is 10.6. The van der Waals surface area contributed by atoms with E-state index in [9.17, 15) is 20.1 Å². The van der Waals surface area contributed by atoms with Crippen molar-refractivity contribution in [2.75, 3.05) is 0 Å². The number of para-hydroxylation sites is 1. The first-order chi connectivity index (χ1) is 14.3. The third-order valence-corrected chi connectivity index (χ3v) is 5.20. The topological polar surface area (TPSA) is 85.5 Å². The van der Waals surface area contributed by atoms with Gasteiger partial charge in [0.1, 0.15) is 0 Å². The number of aromatic nitrogens is 1. The molecule has 0 saturated heterocycles. The first-order valence-corrected chi connectivity index (χ1v) is 10.2. The maximum Gasteiger partial charge on any atom is 1.00 e. The van der Waals surface area contributed by atoms with Crippen LogP contribution in [0.5, 0.6) is 0 Å². The van der Waals surface area contributed by atoms with Crippen molar-refractivity contribution in [1.82, 2.24) is 4.57 Å². The van der Waals surface area contributed by atoms with Crippen molar-refractivity contribution in [3.8, 4) is 11.1 Å². The van der Waals surface area contributed by atoms with E-state index in [-0.39, 0.29) is 42.0 Å². The average molecular weight is 429 g/mol. The van der Waals surface area contributed by atoms with Crippen LogP contribution in [0, 0.1) is 6.92 Å². The number of carbonyl (C=O) groups is 1. The number of benzene rings is 2. The predicted octanol–water partition coefficient (Wildman–Crippen LogP) is 0.467. The third kappa shape index (κ3) is 6.09. The number of aliphatic hydroxyl groups excluding tert-OH is 2. The van der Waals surface area contributed by atoms with Crippen LogP contribution in [-0.2, 0) is 4.79 Å². The summed E-state index contributed by atoms with van der Waals surface area (Å²) >= 11 is 0. The molecule has 158 valence electrons. The fourth-order valence-corrected chi connectivity index (χ4v) is 3.86. The van der Waals surface area contributed by atoms with Gasteiger partial charge < -0.3 is 24.7 Å². The molecule has 6 heteroatoms. The van der Waals surface area contributed by atoms with Gasteiger partial charge >= 0.3 is 29.6 Å². The largest absolute Gasteiger partial charge is 1.00 e. The molecule has 2 N–H and O–H groups in total. The number of aliphatic hydroxyl groups is 2. The van der Waals surface area contributed by atoms with Crippen LogP contribution in [0.15, 0.2) is 54.6 Å². The summed E-state index contributed by atoms with van der Waals surface area (Å²) in [6, 6.07) is 16.8. The summed E-state index contributed by atoms with van der Waals surface area (Å²) in [5.74, 6) is -1.33. The number of nitrogens with zero attached hydrogens (tertiary/aromatic N) is 1. The summed E-state index contributed by atoms with van der Waals surface area (Å²) in [6.07, 6.45) is 0.804. The Balaban J connectivity index is 0.00000341. The number of aryl methyl sites for hydroxylation is 1. The van der Waals surface area contributed by atoms with Crippen LogP contribution in [-0.4, -0.2) is 33.0 Å². The van der Waals surface area contributed by atoms with Crippen LogP contribution in [0.4, 0.5) is 0 Å². The number of aliphatic carboxylic acids is 1. The van der Waals surface area contributed by atoms with Crippen LogP contribution in [0.2, 0.25) is 0 Å². The fraction of sp³-hybridized carbons (Fsp3) is 0.320. The Kier molecular flexibility index (Phi) is 9.10. The number of hydrogen-bond donors (Lipinski definition) is 2. The van der Waals surface area contributed by atoms with Crippen LogP contribution in [0.25, 0.3) is 28.1 Å². The van der Waals surface area contributed by atoms with Gasteiger partial charge in [-0.25, -0.2) is 0 Å². The van der Waals surface area contributed by atoms with Crippen LogP contribution >= 0.6 is 0 Å². The molecule has 31 heavy (non-hydrogen) atoms. The van der Waals surface area contributed by atoms with E-state index in [0.29, 0.717) is 0 Å². The van der Waals surface area contributed by atoms with E-state index in [1.54, 1.807) is 6.08 Å². The first kappa shape index (κ1) is 25.4. The zero-order chi connectivity index (χ0) is 21.8. The second kappa shape index (κ2) is 11.1. The van der Waals surface area contributed by atoms with Gasteiger partial charge in [0.05, 0.1) is 12.2 Å². The molecule has 0 aliphatic rings. The van der Waals surface area contributed by atoms with Crippen LogP contribution in [0.3, 0.4) is 0 Å². The number of rotatable bonds is 8. The molecule has 0 bridgehead atoms. The van der Waals surface area contributed by atoms with Crippen LogP contribution in [0.1, 0.15) is 44.0 Å². The van der Waals surface area contributed by atoms with Crippen molar-refractivity contribution in [3.63, 3.8) is 0 Å². The molecule has 1 aromatic heterocycles. The molecule has 0 unspecified atom stereocenters. The van der Waals surface area contributed by atoms with Crippen molar-refractivity contribution in [2.24, 2.45) is 0 Å². The van der Waals surface area contributed by atoms with Gasteiger partial charge in [0.2, 0.25) is 0 Å².